The largest absolute Gasteiger partial charge is 0.493 e. The molecule has 2 aromatic carbocycles. The number of halogens is 1. The van der Waals surface area contributed by atoms with Crippen LogP contribution >= 0.6 is 0 Å². The number of rotatable bonds is 10. The summed E-state index contributed by atoms with van der Waals surface area (Å²) in [6.45, 7) is 6.34. The summed E-state index contributed by atoms with van der Waals surface area (Å²) in [5.74, 6) is 0.586. The molecule has 4 rings (SSSR count). The van der Waals surface area contributed by atoms with Crippen LogP contribution in [0.2, 0.25) is 0 Å². The smallest absolute Gasteiger partial charge is 0.181 e. The topological polar surface area (TPSA) is 95.0 Å². The van der Waals surface area contributed by atoms with Crippen LogP contribution in [0, 0.1) is 12.7 Å². The zero-order valence-corrected chi connectivity index (χ0v) is 22.1. The van der Waals surface area contributed by atoms with Gasteiger partial charge in [0.15, 0.2) is 23.1 Å². The molecule has 1 aliphatic rings. The third-order valence-electron chi connectivity index (χ3n) is 6.81. The highest BCUT2D eigenvalue weighted by Gasteiger charge is 2.33. The number of aliphatic hydroxyl groups is 1. The van der Waals surface area contributed by atoms with Crippen molar-refractivity contribution in [2.45, 2.75) is 45.4 Å². The number of benzene rings is 2. The second-order valence-electron chi connectivity index (χ2n) is 9.96. The summed E-state index contributed by atoms with van der Waals surface area (Å²) in [7, 11) is 1.46. The predicted molar refractivity (Wildman–Crippen MR) is 141 cm³/mol. The number of carbonyl (C=O) groups excluding carboxylic acids is 2. The van der Waals surface area contributed by atoms with E-state index in [1.165, 1.54) is 13.2 Å². The Morgan fingerprint density at radius 3 is 2.55 bits per heavy atom. The standard InChI is InChI=1S/C30H32FNO6/c1-18-15-20(5-7-22(18)31)28-29-21(30(2,3)11-13-38-29)17-23(32-28)25(35)9-8-24(34)19-6-10-26(37-14-12-33)27(16-19)36-4/h5-7,10,15-17,33H,8-9,11-14H2,1-4H3. The number of Topliss-reactive ketones (excluding diaryl/α,β-unsaturated/α-hetero) is 2. The number of hydrogen-bond donors (Lipinski definition) is 1. The van der Waals surface area contributed by atoms with Crippen LogP contribution in [0.5, 0.6) is 17.2 Å². The molecule has 0 saturated heterocycles. The summed E-state index contributed by atoms with van der Waals surface area (Å²) in [6, 6.07) is 11.2. The first-order valence-electron chi connectivity index (χ1n) is 12.6. The van der Waals surface area contributed by atoms with E-state index in [1.807, 2.05) is 0 Å². The average Bonchev–Trinajstić information content (AvgIpc) is 2.91. The summed E-state index contributed by atoms with van der Waals surface area (Å²) in [5.41, 5.74) is 2.89. The van der Waals surface area contributed by atoms with Crippen LogP contribution in [0.25, 0.3) is 11.3 Å². The quantitative estimate of drug-likeness (QED) is 0.353. The van der Waals surface area contributed by atoms with Crippen molar-refractivity contribution < 1.29 is 33.3 Å². The van der Waals surface area contributed by atoms with Crippen molar-refractivity contribution in [3.8, 4) is 28.5 Å². The number of fused-ring (bicyclic) bond motifs is 1. The molecule has 8 heteroatoms. The number of aromatic nitrogens is 1. The van der Waals surface area contributed by atoms with E-state index < -0.39 is 0 Å². The minimum atomic E-state index is -0.320. The summed E-state index contributed by atoms with van der Waals surface area (Å²) < 4.78 is 30.7. The number of aryl methyl sites for hydroxylation is 1. The maximum atomic E-state index is 14.0. The summed E-state index contributed by atoms with van der Waals surface area (Å²) in [4.78, 5) is 30.8. The van der Waals surface area contributed by atoms with Crippen LogP contribution in [-0.4, -0.2) is 48.6 Å². The lowest BCUT2D eigenvalue weighted by molar-refractivity contribution is 0.0914. The molecule has 1 aromatic heterocycles. The Bertz CT molecular complexity index is 1370. The van der Waals surface area contributed by atoms with Crippen molar-refractivity contribution in [1.82, 2.24) is 4.98 Å². The molecular formula is C30H32FNO6. The molecule has 1 aliphatic heterocycles. The highest BCUT2D eigenvalue weighted by molar-refractivity contribution is 6.02. The molecule has 7 nitrogen and oxygen atoms in total. The zero-order chi connectivity index (χ0) is 27.4. The van der Waals surface area contributed by atoms with Crippen LogP contribution < -0.4 is 14.2 Å². The first kappa shape index (κ1) is 27.3. The van der Waals surface area contributed by atoms with Crippen LogP contribution in [0.1, 0.15) is 65.1 Å². The van der Waals surface area contributed by atoms with Crippen molar-refractivity contribution in [2.75, 3.05) is 26.9 Å². The van der Waals surface area contributed by atoms with E-state index in [2.05, 4.69) is 18.8 Å². The van der Waals surface area contributed by atoms with E-state index in [9.17, 15) is 14.0 Å². The van der Waals surface area contributed by atoms with Gasteiger partial charge in [-0.2, -0.15) is 0 Å². The lowest BCUT2D eigenvalue weighted by Gasteiger charge is -2.33. The van der Waals surface area contributed by atoms with Crippen molar-refractivity contribution in [2.24, 2.45) is 0 Å². The minimum Gasteiger partial charge on any atom is -0.493 e. The molecule has 3 aromatic rings. The molecule has 38 heavy (non-hydrogen) atoms. The molecule has 2 heterocycles. The van der Waals surface area contributed by atoms with E-state index in [-0.39, 0.29) is 54.5 Å². The second kappa shape index (κ2) is 11.3. The molecule has 0 aliphatic carbocycles. The number of carbonyl (C=O) groups is 2. The fraction of sp³-hybridized carbons (Fsp3) is 0.367. The van der Waals surface area contributed by atoms with E-state index in [0.717, 1.165) is 12.0 Å². The van der Waals surface area contributed by atoms with Gasteiger partial charge >= 0.3 is 0 Å². The highest BCUT2D eigenvalue weighted by atomic mass is 19.1. The van der Waals surface area contributed by atoms with Crippen LogP contribution in [0.15, 0.2) is 42.5 Å². The number of aliphatic hydroxyl groups excluding tert-OH is 1. The normalized spacial score (nSPS) is 13.8. The first-order valence-corrected chi connectivity index (χ1v) is 12.6. The monoisotopic (exact) mass is 521 g/mol. The molecule has 0 bridgehead atoms. The number of hydrogen-bond acceptors (Lipinski definition) is 7. The van der Waals surface area contributed by atoms with Gasteiger partial charge in [0.25, 0.3) is 0 Å². The molecule has 0 atom stereocenters. The molecular weight excluding hydrogens is 489 g/mol. The number of ether oxygens (including phenoxy) is 3. The molecule has 0 radical (unpaired) electrons. The Morgan fingerprint density at radius 2 is 1.84 bits per heavy atom. The Kier molecular flexibility index (Phi) is 8.11. The number of pyridine rings is 1. The van der Waals surface area contributed by atoms with Gasteiger partial charge in [-0.25, -0.2) is 9.37 Å². The Morgan fingerprint density at radius 1 is 1.08 bits per heavy atom. The van der Waals surface area contributed by atoms with Gasteiger partial charge in [-0.3, -0.25) is 9.59 Å². The molecule has 1 N–H and O–H groups in total. The van der Waals surface area contributed by atoms with E-state index in [4.69, 9.17) is 19.3 Å². The zero-order valence-electron chi connectivity index (χ0n) is 22.1. The van der Waals surface area contributed by atoms with Crippen LogP contribution in [-0.2, 0) is 5.41 Å². The van der Waals surface area contributed by atoms with E-state index >= 15 is 0 Å². The van der Waals surface area contributed by atoms with Gasteiger partial charge in [0, 0.05) is 29.5 Å². The molecule has 0 saturated carbocycles. The minimum absolute atomic E-state index is 0.0114. The Labute approximate surface area is 221 Å². The lowest BCUT2D eigenvalue weighted by Crippen LogP contribution is -2.28. The average molecular weight is 522 g/mol. The van der Waals surface area contributed by atoms with E-state index in [0.29, 0.717) is 46.2 Å². The Hall–Kier alpha value is -3.78. The Balaban J connectivity index is 1.60. The summed E-state index contributed by atoms with van der Waals surface area (Å²) >= 11 is 0. The molecule has 200 valence electrons. The third-order valence-corrected chi connectivity index (χ3v) is 6.81. The highest BCUT2D eigenvalue weighted by Crippen LogP contribution is 2.44. The van der Waals surface area contributed by atoms with Gasteiger partial charge in [0.2, 0.25) is 0 Å². The van der Waals surface area contributed by atoms with E-state index in [1.54, 1.807) is 43.3 Å². The SMILES string of the molecule is COc1cc(C(=O)CCC(=O)c2cc3c(c(-c4ccc(F)c(C)c4)n2)OCCC3(C)C)ccc1OCCO. The van der Waals surface area contributed by atoms with Gasteiger partial charge in [-0.1, -0.05) is 13.8 Å². The first-order chi connectivity index (χ1) is 18.1. The van der Waals surface area contributed by atoms with Gasteiger partial charge in [-0.05, 0) is 66.8 Å². The van der Waals surface area contributed by atoms with Crippen LogP contribution in [0.4, 0.5) is 4.39 Å². The van der Waals surface area contributed by atoms with Crippen molar-refractivity contribution in [1.29, 1.82) is 0 Å². The number of nitrogens with zero attached hydrogens (tertiary/aromatic N) is 1. The van der Waals surface area contributed by atoms with Crippen molar-refractivity contribution in [3.63, 3.8) is 0 Å². The molecule has 0 fully saturated rings. The summed E-state index contributed by atoms with van der Waals surface area (Å²) in [5, 5.41) is 8.97. The second-order valence-corrected chi connectivity index (χ2v) is 9.96. The summed E-state index contributed by atoms with van der Waals surface area (Å²) in [6.07, 6.45) is 0.735. The molecule has 0 unspecified atom stereocenters. The lowest BCUT2D eigenvalue weighted by atomic mass is 9.79. The van der Waals surface area contributed by atoms with Crippen molar-refractivity contribution >= 4 is 11.6 Å². The van der Waals surface area contributed by atoms with Gasteiger partial charge in [0.05, 0.1) is 20.3 Å². The maximum absolute atomic E-state index is 14.0. The van der Waals surface area contributed by atoms with Crippen molar-refractivity contribution in [3.05, 3.63) is 70.7 Å². The fourth-order valence-electron chi connectivity index (χ4n) is 4.47. The maximum Gasteiger partial charge on any atom is 0.181 e. The van der Waals surface area contributed by atoms with Crippen LogP contribution in [0.3, 0.4) is 0 Å². The van der Waals surface area contributed by atoms with Gasteiger partial charge in [0.1, 0.15) is 29.6 Å². The molecule has 0 spiro atoms. The number of ketones is 2. The predicted octanol–water partition coefficient (Wildman–Crippen LogP) is 5.48. The molecule has 0 amide bonds. The number of methoxy groups -OCH3 is 1. The fourth-order valence-corrected chi connectivity index (χ4v) is 4.47. The third kappa shape index (κ3) is 5.70. The van der Waals surface area contributed by atoms with Gasteiger partial charge in [-0.15, -0.1) is 0 Å². The van der Waals surface area contributed by atoms with Gasteiger partial charge < -0.3 is 19.3 Å².